The minimum absolute atomic E-state index is 0.0639. The third kappa shape index (κ3) is 4.34. The van der Waals surface area contributed by atoms with Crippen LogP contribution in [0.3, 0.4) is 0 Å². The maximum atomic E-state index is 12.3. The molecule has 0 spiro atoms. The van der Waals surface area contributed by atoms with Crippen molar-refractivity contribution < 1.29 is 19.5 Å². The Morgan fingerprint density at radius 2 is 1.93 bits per heavy atom. The number of hydrogen-bond donors (Lipinski definition) is 6. The molecule has 1 fully saturated rings. The highest BCUT2D eigenvalue weighted by Crippen LogP contribution is 2.39. The summed E-state index contributed by atoms with van der Waals surface area (Å²) in [5, 5.41) is 21.9. The lowest BCUT2D eigenvalue weighted by atomic mass is 10.1. The molecule has 1 aliphatic carbocycles. The predicted molar refractivity (Wildman–Crippen MR) is 99.7 cm³/mol. The molecule has 0 radical (unpaired) electrons. The Morgan fingerprint density at radius 3 is 2.50 bits per heavy atom. The first-order valence-electron chi connectivity index (χ1n) is 8.62. The topological polar surface area (TPSA) is 174 Å². The fourth-order valence-electron chi connectivity index (χ4n) is 2.85. The van der Waals surface area contributed by atoms with Gasteiger partial charge in [-0.05, 0) is 30.7 Å². The Labute approximate surface area is 160 Å². The number of carbonyl (C=O) groups is 3. The van der Waals surface area contributed by atoms with Gasteiger partial charge >= 0.3 is 5.97 Å². The lowest BCUT2D eigenvalue weighted by Crippen LogP contribution is -2.34. The minimum Gasteiger partial charge on any atom is -0.481 e. The summed E-state index contributed by atoms with van der Waals surface area (Å²) >= 11 is 0. The summed E-state index contributed by atoms with van der Waals surface area (Å²) in [6.45, 7) is -0.112. The lowest BCUT2D eigenvalue weighted by molar-refractivity contribution is -0.139. The first-order valence-corrected chi connectivity index (χ1v) is 8.62. The zero-order valence-corrected chi connectivity index (χ0v) is 14.8. The number of anilines is 1. The first kappa shape index (κ1) is 19.1. The van der Waals surface area contributed by atoms with Gasteiger partial charge in [-0.25, -0.2) is 4.98 Å². The van der Waals surface area contributed by atoms with Gasteiger partial charge in [0.1, 0.15) is 17.6 Å². The molecule has 0 saturated heterocycles. The monoisotopic (exact) mass is 384 g/mol. The number of imidazole rings is 1. The molecular formula is C18H20N6O4. The van der Waals surface area contributed by atoms with E-state index in [0.29, 0.717) is 17.7 Å². The number of H-pyrrole nitrogens is 1. The van der Waals surface area contributed by atoms with E-state index >= 15 is 0 Å². The maximum absolute atomic E-state index is 12.3. The molecule has 3 unspecified atom stereocenters. The Kier molecular flexibility index (Phi) is 5.39. The number of carboxylic acid groups (broad SMARTS) is 1. The third-order valence-corrected chi connectivity index (χ3v) is 4.56. The van der Waals surface area contributed by atoms with Gasteiger partial charge in [-0.3, -0.25) is 19.8 Å². The van der Waals surface area contributed by atoms with Crippen molar-refractivity contribution in [1.29, 1.82) is 5.41 Å². The Balaban J connectivity index is 1.50. The first-order chi connectivity index (χ1) is 13.4. The van der Waals surface area contributed by atoms with Crippen molar-refractivity contribution in [2.24, 2.45) is 17.6 Å². The second-order valence-corrected chi connectivity index (χ2v) is 6.54. The lowest BCUT2D eigenvalue weighted by Gasteiger charge is -2.11. The molecule has 3 rings (SSSR count). The number of amidine groups is 1. The van der Waals surface area contributed by atoms with Crippen molar-refractivity contribution in [2.45, 2.75) is 12.3 Å². The summed E-state index contributed by atoms with van der Waals surface area (Å²) in [7, 11) is 0. The number of benzene rings is 1. The molecule has 2 amide bonds. The van der Waals surface area contributed by atoms with E-state index in [4.69, 9.17) is 11.1 Å². The van der Waals surface area contributed by atoms with Crippen molar-refractivity contribution in [1.82, 2.24) is 15.3 Å². The number of aliphatic carboxylic acids is 1. The second kappa shape index (κ2) is 7.91. The van der Waals surface area contributed by atoms with Crippen molar-refractivity contribution in [3.8, 4) is 0 Å². The Bertz CT molecular complexity index is 893. The van der Waals surface area contributed by atoms with Gasteiger partial charge in [-0.15, -0.1) is 0 Å². The summed E-state index contributed by atoms with van der Waals surface area (Å²) in [6.07, 6.45) is 3.36. The maximum Gasteiger partial charge on any atom is 0.316 e. The number of carbonyl (C=O) groups excluding carboxylic acids is 2. The Hall–Kier alpha value is -3.69. The van der Waals surface area contributed by atoms with Crippen LogP contribution in [0.1, 0.15) is 23.7 Å². The van der Waals surface area contributed by atoms with E-state index in [-0.39, 0.29) is 30.0 Å². The molecule has 10 heteroatoms. The molecule has 1 saturated carbocycles. The number of nitrogens with zero attached hydrogens (tertiary/aromatic N) is 1. The van der Waals surface area contributed by atoms with Crippen molar-refractivity contribution in [3.63, 3.8) is 0 Å². The van der Waals surface area contributed by atoms with Gasteiger partial charge in [0.25, 0.3) is 0 Å². The van der Waals surface area contributed by atoms with E-state index in [2.05, 4.69) is 20.6 Å². The van der Waals surface area contributed by atoms with E-state index in [1.54, 1.807) is 24.3 Å². The van der Waals surface area contributed by atoms with Crippen LogP contribution in [0.5, 0.6) is 0 Å². The second-order valence-electron chi connectivity index (χ2n) is 6.54. The summed E-state index contributed by atoms with van der Waals surface area (Å²) in [6, 6.07) is 6.51. The molecule has 10 nitrogen and oxygen atoms in total. The molecule has 146 valence electrons. The molecule has 7 N–H and O–H groups in total. The predicted octanol–water partition coefficient (Wildman–Crippen LogP) is 0.253. The van der Waals surface area contributed by atoms with Crippen LogP contribution in [-0.2, 0) is 14.4 Å². The largest absolute Gasteiger partial charge is 0.481 e. The number of nitrogens with two attached hydrogens (primary N) is 1. The highest BCUT2D eigenvalue weighted by atomic mass is 16.4. The third-order valence-electron chi connectivity index (χ3n) is 4.56. The molecule has 28 heavy (non-hydrogen) atoms. The van der Waals surface area contributed by atoms with Crippen molar-refractivity contribution in [3.05, 3.63) is 48.0 Å². The van der Waals surface area contributed by atoms with Gasteiger partial charge in [-0.2, -0.15) is 0 Å². The molecule has 1 heterocycles. The van der Waals surface area contributed by atoms with E-state index in [1.807, 2.05) is 0 Å². The van der Waals surface area contributed by atoms with Gasteiger partial charge in [0.2, 0.25) is 11.8 Å². The fraction of sp³-hybridized carbons (Fsp3) is 0.278. The van der Waals surface area contributed by atoms with Gasteiger partial charge in [0, 0.05) is 30.2 Å². The molecule has 3 atom stereocenters. The molecule has 1 aliphatic rings. The minimum atomic E-state index is -1.10. The zero-order valence-electron chi connectivity index (χ0n) is 14.8. The van der Waals surface area contributed by atoms with Crippen LogP contribution in [-0.4, -0.2) is 45.2 Å². The molecule has 1 aromatic heterocycles. The van der Waals surface area contributed by atoms with Crippen LogP contribution >= 0.6 is 0 Å². The number of nitrogens with one attached hydrogen (secondary N) is 4. The summed E-state index contributed by atoms with van der Waals surface area (Å²) in [4.78, 5) is 42.5. The number of aromatic amines is 1. The van der Waals surface area contributed by atoms with Crippen LogP contribution in [0.15, 0.2) is 36.7 Å². The summed E-state index contributed by atoms with van der Waals surface area (Å²) < 4.78 is 0. The highest BCUT2D eigenvalue weighted by molar-refractivity contribution is 6.00. The molecule has 0 aliphatic heterocycles. The quantitative estimate of drug-likeness (QED) is 0.281. The van der Waals surface area contributed by atoms with Crippen LogP contribution in [0.25, 0.3) is 0 Å². The number of rotatable bonds is 8. The number of aromatic nitrogens is 2. The average molecular weight is 384 g/mol. The molecule has 0 bridgehead atoms. The number of nitrogen functional groups attached to an aromatic ring is 1. The van der Waals surface area contributed by atoms with Crippen LogP contribution in [0, 0.1) is 17.2 Å². The SMILES string of the molecule is N=C(N)c1ccc(NC(=O)C2CC2C(=O)NCC(C(=O)O)c2ncc[nH]2)cc1. The normalized spacial score (nSPS) is 18.7. The number of carboxylic acids is 1. The zero-order chi connectivity index (χ0) is 20.3. The highest BCUT2D eigenvalue weighted by Gasteiger charge is 2.48. The van der Waals surface area contributed by atoms with Gasteiger partial charge in [0.05, 0.1) is 11.8 Å². The van der Waals surface area contributed by atoms with Gasteiger partial charge in [-0.1, -0.05) is 0 Å². The average Bonchev–Trinajstić information content (AvgIpc) is 3.29. The summed E-state index contributed by atoms with van der Waals surface area (Å²) in [5.41, 5.74) is 6.48. The van der Waals surface area contributed by atoms with Crippen LogP contribution in [0.4, 0.5) is 5.69 Å². The van der Waals surface area contributed by atoms with E-state index < -0.39 is 23.7 Å². The van der Waals surface area contributed by atoms with Crippen molar-refractivity contribution in [2.75, 3.05) is 11.9 Å². The van der Waals surface area contributed by atoms with E-state index in [0.717, 1.165) is 0 Å². The van der Waals surface area contributed by atoms with Gasteiger partial charge in [0.15, 0.2) is 0 Å². The van der Waals surface area contributed by atoms with E-state index in [1.165, 1.54) is 12.4 Å². The van der Waals surface area contributed by atoms with Gasteiger partial charge < -0.3 is 26.5 Å². The molecular weight excluding hydrogens is 364 g/mol. The fourth-order valence-corrected chi connectivity index (χ4v) is 2.85. The molecule has 1 aromatic carbocycles. The van der Waals surface area contributed by atoms with Crippen LogP contribution in [0.2, 0.25) is 0 Å². The standard InChI is InChI=1S/C18H20N6O4/c19-14(20)9-1-3-10(4-2-9)24-17(26)12-7-11(12)16(25)23-8-13(18(27)28)15-21-5-6-22-15/h1-6,11-13H,7-8H2,(H3,19,20)(H,21,22)(H,23,25)(H,24,26)(H,27,28). The Morgan fingerprint density at radius 1 is 1.25 bits per heavy atom. The molecule has 2 aromatic rings. The summed E-state index contributed by atoms with van der Waals surface area (Å²) in [5.74, 6) is -3.47. The van der Waals surface area contributed by atoms with E-state index in [9.17, 15) is 19.5 Å². The van der Waals surface area contributed by atoms with Crippen molar-refractivity contribution >= 4 is 29.3 Å². The number of amides is 2. The van der Waals surface area contributed by atoms with Crippen LogP contribution < -0.4 is 16.4 Å². The number of hydrogen-bond acceptors (Lipinski definition) is 5. The smallest absolute Gasteiger partial charge is 0.316 e.